The van der Waals surface area contributed by atoms with Crippen LogP contribution in [-0.4, -0.2) is 32.7 Å². The molecule has 7 heteroatoms. The minimum Gasteiger partial charge on any atom is -0.508 e. The van der Waals surface area contributed by atoms with Crippen molar-refractivity contribution in [2.24, 2.45) is 0 Å². The smallest absolute Gasteiger partial charge is 0.201 e. The van der Waals surface area contributed by atoms with Gasteiger partial charge in [0.1, 0.15) is 28.8 Å². The van der Waals surface area contributed by atoms with E-state index in [4.69, 9.17) is 4.74 Å². The lowest BCUT2D eigenvalue weighted by Crippen LogP contribution is -2.23. The van der Waals surface area contributed by atoms with Crippen LogP contribution in [0.15, 0.2) is 36.6 Å². The number of benzene rings is 2. The zero-order valence-electron chi connectivity index (χ0n) is 18.0. The van der Waals surface area contributed by atoms with E-state index in [0.29, 0.717) is 11.3 Å². The first-order chi connectivity index (χ1) is 14.4. The fraction of sp³-hybridized carbons (Fsp3) is 0.208. The van der Waals surface area contributed by atoms with E-state index in [1.165, 1.54) is 19.9 Å². The molecule has 3 rings (SSSR count). The summed E-state index contributed by atoms with van der Waals surface area (Å²) in [4.78, 5) is 35.5. The number of hydrogen-bond donors (Lipinski definition) is 3. The molecule has 0 unspecified atom stereocenters. The Morgan fingerprint density at radius 2 is 1.48 bits per heavy atom. The minimum absolute atomic E-state index is 0.0658. The molecule has 0 fully saturated rings. The van der Waals surface area contributed by atoms with E-state index in [1.54, 1.807) is 26.8 Å². The van der Waals surface area contributed by atoms with Gasteiger partial charge in [0.05, 0.1) is 16.9 Å². The Kier molecular flexibility index (Phi) is 6.70. The van der Waals surface area contributed by atoms with Gasteiger partial charge in [0, 0.05) is 22.8 Å². The van der Waals surface area contributed by atoms with Crippen molar-refractivity contribution < 1.29 is 34.4 Å². The highest BCUT2D eigenvalue weighted by atomic mass is 16.5. The summed E-state index contributed by atoms with van der Waals surface area (Å²) in [6, 6.07) is 3.43. The number of ketones is 3. The second-order valence-corrected chi connectivity index (χ2v) is 7.22. The molecule has 0 heterocycles. The molecule has 2 aromatic carbocycles. The number of allylic oxidation sites excluding steroid dienone is 2. The Morgan fingerprint density at radius 1 is 0.935 bits per heavy atom. The Morgan fingerprint density at radius 3 is 2.03 bits per heavy atom. The minimum atomic E-state index is -0.716. The highest BCUT2D eigenvalue weighted by Gasteiger charge is 2.38. The molecule has 0 aromatic heterocycles. The fourth-order valence-corrected chi connectivity index (χ4v) is 3.21. The molecule has 2 aromatic rings. The second-order valence-electron chi connectivity index (χ2n) is 7.22. The van der Waals surface area contributed by atoms with Gasteiger partial charge in [-0.2, -0.15) is 0 Å². The third-order valence-electron chi connectivity index (χ3n) is 4.50. The third kappa shape index (κ3) is 4.50. The van der Waals surface area contributed by atoms with E-state index in [1.807, 2.05) is 0 Å². The van der Waals surface area contributed by atoms with Crippen molar-refractivity contribution in [3.63, 3.8) is 0 Å². The predicted octanol–water partition coefficient (Wildman–Crippen LogP) is 4.39. The van der Waals surface area contributed by atoms with Gasteiger partial charge in [-0.3, -0.25) is 9.59 Å². The van der Waals surface area contributed by atoms with Gasteiger partial charge in [0.25, 0.3) is 0 Å². The topological polar surface area (TPSA) is 121 Å². The molecule has 31 heavy (non-hydrogen) atoms. The van der Waals surface area contributed by atoms with Gasteiger partial charge in [-0.05, 0) is 58.4 Å². The molecule has 0 amide bonds. The van der Waals surface area contributed by atoms with Crippen LogP contribution in [-0.2, 0) is 9.53 Å². The predicted molar refractivity (Wildman–Crippen MR) is 115 cm³/mol. The van der Waals surface area contributed by atoms with Crippen LogP contribution < -0.4 is 0 Å². The molecule has 0 saturated carbocycles. The van der Waals surface area contributed by atoms with Crippen molar-refractivity contribution in [2.75, 3.05) is 0 Å². The first-order valence-corrected chi connectivity index (χ1v) is 9.39. The molecule has 162 valence electrons. The molecular formula is C24H24O7. The number of carbonyl (C=O) groups excluding carboxylic acids is 3. The van der Waals surface area contributed by atoms with Crippen molar-refractivity contribution >= 4 is 23.1 Å². The molecule has 0 spiro atoms. The zero-order valence-corrected chi connectivity index (χ0v) is 18.0. The van der Waals surface area contributed by atoms with E-state index in [2.05, 4.69) is 6.58 Å². The van der Waals surface area contributed by atoms with Crippen LogP contribution in [0.5, 0.6) is 17.2 Å². The molecule has 0 bridgehead atoms. The molecule has 1 aliphatic rings. The average molecular weight is 424 g/mol. The SMILES string of the molecule is C=C(O/C(C)=C\C)c1c(C)cc(O)c2c1C(=O)c1cc(O)cc(O)c1C2=O.CC(C)=O. The van der Waals surface area contributed by atoms with Gasteiger partial charge < -0.3 is 24.9 Å². The Labute approximate surface area is 179 Å². The molecule has 0 aliphatic heterocycles. The van der Waals surface area contributed by atoms with Crippen LogP contribution in [0.1, 0.15) is 70.7 Å². The molecule has 0 radical (unpaired) electrons. The number of hydrogen-bond acceptors (Lipinski definition) is 7. The van der Waals surface area contributed by atoms with Crippen molar-refractivity contribution in [3.05, 3.63) is 70.0 Å². The number of phenols is 3. The Hall–Kier alpha value is -3.87. The van der Waals surface area contributed by atoms with Crippen molar-refractivity contribution in [2.45, 2.75) is 34.6 Å². The maximum Gasteiger partial charge on any atom is 0.201 e. The van der Waals surface area contributed by atoms with E-state index in [0.717, 1.165) is 12.1 Å². The van der Waals surface area contributed by atoms with Crippen LogP contribution in [0.3, 0.4) is 0 Å². The van der Waals surface area contributed by atoms with Crippen LogP contribution in [0.2, 0.25) is 0 Å². The number of carbonyl (C=O) groups is 3. The Bertz CT molecular complexity index is 1150. The maximum atomic E-state index is 13.1. The number of fused-ring (bicyclic) bond motifs is 2. The number of ether oxygens (including phenoxy) is 1. The molecule has 0 atom stereocenters. The highest BCUT2D eigenvalue weighted by Crippen LogP contribution is 2.42. The maximum absolute atomic E-state index is 13.1. The van der Waals surface area contributed by atoms with E-state index < -0.39 is 17.3 Å². The van der Waals surface area contributed by atoms with Gasteiger partial charge in [-0.25, -0.2) is 0 Å². The summed E-state index contributed by atoms with van der Waals surface area (Å²) in [5.41, 5.74) is 0.0872. The van der Waals surface area contributed by atoms with Crippen LogP contribution in [0.25, 0.3) is 5.76 Å². The Balaban J connectivity index is 0.000000785. The summed E-state index contributed by atoms with van der Waals surface area (Å²) in [5, 5.41) is 30.1. The normalized spacial score (nSPS) is 12.4. The molecule has 0 saturated heterocycles. The van der Waals surface area contributed by atoms with Gasteiger partial charge in [0.15, 0.2) is 5.78 Å². The summed E-state index contributed by atoms with van der Waals surface area (Å²) in [6.07, 6.45) is 1.71. The lowest BCUT2D eigenvalue weighted by Gasteiger charge is -2.24. The van der Waals surface area contributed by atoms with Crippen LogP contribution >= 0.6 is 0 Å². The number of aromatic hydroxyl groups is 3. The second kappa shape index (κ2) is 8.87. The van der Waals surface area contributed by atoms with Crippen LogP contribution in [0.4, 0.5) is 0 Å². The van der Waals surface area contributed by atoms with Gasteiger partial charge in [-0.15, -0.1) is 0 Å². The number of rotatable bonds is 3. The summed E-state index contributed by atoms with van der Waals surface area (Å²) in [6.45, 7) is 12.1. The first kappa shape index (κ1) is 23.4. The molecular weight excluding hydrogens is 400 g/mol. The molecule has 7 nitrogen and oxygen atoms in total. The third-order valence-corrected chi connectivity index (χ3v) is 4.50. The molecule has 3 N–H and O–H groups in total. The fourth-order valence-electron chi connectivity index (χ4n) is 3.21. The van der Waals surface area contributed by atoms with E-state index >= 15 is 0 Å². The van der Waals surface area contributed by atoms with Gasteiger partial charge in [0.2, 0.25) is 5.78 Å². The standard InChI is InChI=1S/C21H18O6.C3H6O/c1-5-10(3)27-11(4)16-9(2)6-14(23)18-19(16)20(25)13-7-12(22)8-15(24)17(13)21(18)26;1-3(2)4/h5-8,22-24H,4H2,1-3H3;1-2H3/b10-5-;. The summed E-state index contributed by atoms with van der Waals surface area (Å²) < 4.78 is 5.61. The highest BCUT2D eigenvalue weighted by molar-refractivity contribution is 6.31. The average Bonchev–Trinajstić information content (AvgIpc) is 2.64. The first-order valence-electron chi connectivity index (χ1n) is 9.39. The number of Topliss-reactive ketones (excluding diaryl/α,β-unsaturated/α-hetero) is 1. The van der Waals surface area contributed by atoms with Crippen molar-refractivity contribution in [1.82, 2.24) is 0 Å². The van der Waals surface area contributed by atoms with E-state index in [9.17, 15) is 29.7 Å². The quantitative estimate of drug-likeness (QED) is 0.533. The van der Waals surface area contributed by atoms with Crippen molar-refractivity contribution in [3.8, 4) is 17.2 Å². The van der Waals surface area contributed by atoms with Gasteiger partial charge >= 0.3 is 0 Å². The number of phenolic OH excluding ortho intramolecular Hbond substituents is 3. The largest absolute Gasteiger partial charge is 0.508 e. The monoisotopic (exact) mass is 424 g/mol. The lowest BCUT2D eigenvalue weighted by atomic mass is 9.79. The van der Waals surface area contributed by atoms with Gasteiger partial charge in [-0.1, -0.05) is 6.58 Å². The number of aryl methyl sites for hydroxylation is 1. The summed E-state index contributed by atoms with van der Waals surface area (Å²) in [7, 11) is 0. The lowest BCUT2D eigenvalue weighted by molar-refractivity contribution is -0.115. The molecule has 1 aliphatic carbocycles. The zero-order chi connectivity index (χ0) is 23.6. The summed E-state index contributed by atoms with van der Waals surface area (Å²) >= 11 is 0. The van der Waals surface area contributed by atoms with Crippen molar-refractivity contribution in [1.29, 1.82) is 0 Å². The van der Waals surface area contributed by atoms with Crippen LogP contribution in [0, 0.1) is 6.92 Å². The summed E-state index contributed by atoms with van der Waals surface area (Å²) in [5.74, 6) is -1.74. The van der Waals surface area contributed by atoms with E-state index in [-0.39, 0.29) is 50.9 Å².